The highest BCUT2D eigenvalue weighted by Crippen LogP contribution is 2.31. The van der Waals surface area contributed by atoms with Crippen molar-refractivity contribution in [3.63, 3.8) is 0 Å². The molecule has 2 fully saturated rings. The number of hydrogen-bond donors (Lipinski definition) is 0. The van der Waals surface area contributed by atoms with Crippen LogP contribution in [0.5, 0.6) is 0 Å². The van der Waals surface area contributed by atoms with Gasteiger partial charge >= 0.3 is 0 Å². The standard InChI is InChI=1S/C19H26N4O5S3/c1-12-8-16(13(2)23(12)15-5-7-31(27,28)11-15)17(24)9-29-19-21-20-18(22(19)3)14-4-6-30(25,26)10-14/h8,14-15H,4-7,9-11H2,1-3H3/t14-,15-/m0/s1. The van der Waals surface area contributed by atoms with E-state index in [4.69, 9.17) is 0 Å². The molecule has 0 amide bonds. The number of rotatable bonds is 6. The number of ketones is 1. The van der Waals surface area contributed by atoms with Crippen LogP contribution in [0.2, 0.25) is 0 Å². The Morgan fingerprint density at radius 3 is 2.39 bits per heavy atom. The first-order chi connectivity index (χ1) is 14.5. The molecule has 0 N–H and O–H groups in total. The fourth-order valence-electron chi connectivity index (χ4n) is 4.61. The molecule has 4 rings (SSSR count). The van der Waals surface area contributed by atoms with Gasteiger partial charge in [0.2, 0.25) is 0 Å². The fourth-order valence-corrected chi connectivity index (χ4v) is 8.85. The molecule has 9 nitrogen and oxygen atoms in total. The minimum Gasteiger partial charge on any atom is -0.344 e. The lowest BCUT2D eigenvalue weighted by molar-refractivity contribution is 0.102. The van der Waals surface area contributed by atoms with E-state index in [0.29, 0.717) is 29.4 Å². The van der Waals surface area contributed by atoms with Crippen molar-refractivity contribution in [2.75, 3.05) is 28.8 Å². The van der Waals surface area contributed by atoms with Crippen molar-refractivity contribution in [1.29, 1.82) is 0 Å². The van der Waals surface area contributed by atoms with Crippen molar-refractivity contribution < 1.29 is 21.6 Å². The highest BCUT2D eigenvalue weighted by Gasteiger charge is 2.33. The normalized spacial score (nSPS) is 24.6. The summed E-state index contributed by atoms with van der Waals surface area (Å²) < 4.78 is 51.0. The van der Waals surface area contributed by atoms with E-state index in [1.807, 2.05) is 24.5 Å². The van der Waals surface area contributed by atoms with Gasteiger partial charge in [-0.05, 0) is 32.8 Å². The average Bonchev–Trinajstić information content (AvgIpc) is 3.40. The molecule has 2 atom stereocenters. The van der Waals surface area contributed by atoms with Crippen molar-refractivity contribution >= 4 is 37.2 Å². The van der Waals surface area contributed by atoms with E-state index in [-0.39, 0.29) is 46.5 Å². The fraction of sp³-hybridized carbons (Fsp3) is 0.632. The molecular formula is C19H26N4O5S3. The molecule has 0 radical (unpaired) electrons. The molecule has 31 heavy (non-hydrogen) atoms. The van der Waals surface area contributed by atoms with Crippen LogP contribution >= 0.6 is 11.8 Å². The Kier molecular flexibility index (Phi) is 5.84. The lowest BCUT2D eigenvalue weighted by Crippen LogP contribution is -2.14. The third-order valence-electron chi connectivity index (χ3n) is 6.16. The van der Waals surface area contributed by atoms with Gasteiger partial charge in [0.05, 0.1) is 28.8 Å². The maximum atomic E-state index is 12.9. The molecular weight excluding hydrogens is 460 g/mol. The van der Waals surface area contributed by atoms with Crippen LogP contribution < -0.4 is 0 Å². The summed E-state index contributed by atoms with van der Waals surface area (Å²) in [5.41, 5.74) is 2.27. The van der Waals surface area contributed by atoms with Gasteiger partial charge in [0, 0.05) is 36.0 Å². The number of aryl methyl sites for hydroxylation is 1. The number of carbonyl (C=O) groups excluding carboxylic acids is 1. The number of nitrogens with zero attached hydrogens (tertiary/aromatic N) is 4. The molecule has 0 unspecified atom stereocenters. The molecule has 0 spiro atoms. The summed E-state index contributed by atoms with van der Waals surface area (Å²) in [5, 5.41) is 8.90. The van der Waals surface area contributed by atoms with Crippen LogP contribution in [-0.2, 0) is 26.7 Å². The first kappa shape index (κ1) is 22.5. The summed E-state index contributed by atoms with van der Waals surface area (Å²) in [6.45, 7) is 3.75. The Balaban J connectivity index is 1.46. The lowest BCUT2D eigenvalue weighted by atomic mass is 10.1. The quantitative estimate of drug-likeness (QED) is 0.445. The van der Waals surface area contributed by atoms with Crippen molar-refractivity contribution in [2.24, 2.45) is 7.05 Å². The van der Waals surface area contributed by atoms with Gasteiger partial charge in [-0.2, -0.15) is 0 Å². The summed E-state index contributed by atoms with van der Waals surface area (Å²) in [6.07, 6.45) is 1.11. The Labute approximate surface area is 186 Å². The predicted molar refractivity (Wildman–Crippen MR) is 118 cm³/mol. The van der Waals surface area contributed by atoms with Gasteiger partial charge in [-0.3, -0.25) is 4.79 Å². The molecule has 2 aromatic heterocycles. The minimum absolute atomic E-state index is 0.0572. The van der Waals surface area contributed by atoms with Gasteiger partial charge in [-0.25, -0.2) is 16.8 Å². The smallest absolute Gasteiger partial charge is 0.191 e. The minimum atomic E-state index is -3.02. The summed E-state index contributed by atoms with van der Waals surface area (Å²) in [6, 6.07) is 1.71. The summed E-state index contributed by atoms with van der Waals surface area (Å²) in [4.78, 5) is 12.9. The first-order valence-electron chi connectivity index (χ1n) is 10.1. The largest absolute Gasteiger partial charge is 0.344 e. The average molecular weight is 487 g/mol. The van der Waals surface area contributed by atoms with Gasteiger partial charge in [-0.1, -0.05) is 11.8 Å². The lowest BCUT2D eigenvalue weighted by Gasteiger charge is -2.16. The summed E-state index contributed by atoms with van der Waals surface area (Å²) >= 11 is 1.27. The molecule has 0 aromatic carbocycles. The molecule has 170 valence electrons. The topological polar surface area (TPSA) is 121 Å². The Morgan fingerprint density at radius 2 is 1.77 bits per heavy atom. The van der Waals surface area contributed by atoms with Gasteiger partial charge in [0.15, 0.2) is 30.6 Å². The molecule has 2 aromatic rings. The van der Waals surface area contributed by atoms with E-state index in [0.717, 1.165) is 11.4 Å². The molecule has 0 saturated carbocycles. The first-order valence-corrected chi connectivity index (χ1v) is 14.7. The van der Waals surface area contributed by atoms with Gasteiger partial charge < -0.3 is 9.13 Å². The molecule has 2 aliphatic rings. The Morgan fingerprint density at radius 1 is 1.10 bits per heavy atom. The molecule has 12 heteroatoms. The second-order valence-electron chi connectivity index (χ2n) is 8.42. The van der Waals surface area contributed by atoms with E-state index < -0.39 is 19.7 Å². The second-order valence-corrected chi connectivity index (χ2v) is 13.8. The van der Waals surface area contributed by atoms with Crippen LogP contribution in [0.3, 0.4) is 0 Å². The van der Waals surface area contributed by atoms with E-state index >= 15 is 0 Å². The van der Waals surface area contributed by atoms with Crippen LogP contribution in [0, 0.1) is 13.8 Å². The molecule has 0 bridgehead atoms. The highest BCUT2D eigenvalue weighted by molar-refractivity contribution is 7.99. The Bertz CT molecular complexity index is 1240. The van der Waals surface area contributed by atoms with Gasteiger partial charge in [0.1, 0.15) is 5.82 Å². The zero-order chi connectivity index (χ0) is 22.6. The van der Waals surface area contributed by atoms with E-state index in [1.54, 1.807) is 11.6 Å². The van der Waals surface area contributed by atoms with Crippen LogP contribution in [-0.4, -0.2) is 70.7 Å². The number of thioether (sulfide) groups is 1. The van der Waals surface area contributed by atoms with Crippen LogP contribution in [0.25, 0.3) is 0 Å². The zero-order valence-electron chi connectivity index (χ0n) is 17.7. The van der Waals surface area contributed by atoms with Crippen molar-refractivity contribution in [3.8, 4) is 0 Å². The van der Waals surface area contributed by atoms with Crippen molar-refractivity contribution in [3.05, 3.63) is 28.8 Å². The van der Waals surface area contributed by atoms with Gasteiger partial charge in [0.25, 0.3) is 0 Å². The van der Waals surface area contributed by atoms with Crippen LogP contribution in [0.4, 0.5) is 0 Å². The number of aromatic nitrogens is 4. The molecule has 2 saturated heterocycles. The monoisotopic (exact) mass is 486 g/mol. The third-order valence-corrected chi connectivity index (χ3v) is 10.7. The number of hydrogen-bond acceptors (Lipinski definition) is 8. The van der Waals surface area contributed by atoms with Crippen molar-refractivity contribution in [2.45, 2.75) is 43.8 Å². The number of carbonyl (C=O) groups is 1. The van der Waals surface area contributed by atoms with Crippen LogP contribution in [0.15, 0.2) is 11.2 Å². The highest BCUT2D eigenvalue weighted by atomic mass is 32.2. The zero-order valence-corrected chi connectivity index (χ0v) is 20.2. The summed E-state index contributed by atoms with van der Waals surface area (Å²) in [7, 11) is -4.24. The molecule has 2 aliphatic heterocycles. The summed E-state index contributed by atoms with van der Waals surface area (Å²) in [5.74, 6) is 1.15. The SMILES string of the molecule is Cc1cc(C(=O)CSc2nnc([C@H]3CCS(=O)(=O)C3)n2C)c(C)n1[C@H]1CCS(=O)(=O)C1. The third kappa shape index (κ3) is 4.47. The predicted octanol–water partition coefficient (Wildman–Crippen LogP) is 1.47. The number of Topliss-reactive ketones (excluding diaryl/α,β-unsaturated/α-hetero) is 1. The Hall–Kier alpha value is -1.66. The molecule has 4 heterocycles. The second kappa shape index (κ2) is 8.04. The number of sulfone groups is 2. The maximum absolute atomic E-state index is 12.9. The van der Waals surface area contributed by atoms with Gasteiger partial charge in [-0.15, -0.1) is 10.2 Å². The van der Waals surface area contributed by atoms with E-state index in [1.165, 1.54) is 11.8 Å². The maximum Gasteiger partial charge on any atom is 0.191 e. The molecule has 0 aliphatic carbocycles. The van der Waals surface area contributed by atoms with Crippen molar-refractivity contribution in [1.82, 2.24) is 19.3 Å². The van der Waals surface area contributed by atoms with E-state index in [2.05, 4.69) is 10.2 Å². The van der Waals surface area contributed by atoms with Crippen LogP contribution in [0.1, 0.15) is 52.4 Å². The van der Waals surface area contributed by atoms with E-state index in [9.17, 15) is 21.6 Å².